The predicted molar refractivity (Wildman–Crippen MR) is 94.0 cm³/mol. The van der Waals surface area contributed by atoms with Gasteiger partial charge in [-0.25, -0.2) is 14.2 Å². The molecule has 1 unspecified atom stereocenters. The topological polar surface area (TPSA) is 91.4 Å². The molecule has 1 atom stereocenters. The van der Waals surface area contributed by atoms with Crippen molar-refractivity contribution in [1.29, 1.82) is 0 Å². The summed E-state index contributed by atoms with van der Waals surface area (Å²) in [5, 5.41) is 3.12. The number of carbonyl (C=O) groups is 3. The molecule has 1 aromatic carbocycles. The zero-order valence-electron chi connectivity index (χ0n) is 15.2. The van der Waals surface area contributed by atoms with Crippen LogP contribution >= 0.6 is 0 Å². The van der Waals surface area contributed by atoms with Crippen LogP contribution < -0.4 is 15.1 Å². The molecule has 2 aliphatic rings. The highest BCUT2D eigenvalue weighted by Gasteiger charge is 2.33. The smallest absolute Gasteiger partial charge is 0.414 e. The molecular formula is C17H19F3N4O5. The number of alkyl halides is 2. The monoisotopic (exact) mass is 416 g/mol. The number of carbonyl (C=O) groups excluding carboxylic acids is 3. The standard InChI is InChI=1S/C17H19F3N4O5/c18-13-7-11(1-2-14(13)22-3-4-23(10-25)28-6-5-22)24-9-12(29-17(24)27)8-21-16(26)15(19)20/h1-2,7,10,12,15H,3-6,8-9H2,(H,21,26). The fourth-order valence-electron chi connectivity index (χ4n) is 3.04. The number of hydrogen-bond donors (Lipinski definition) is 1. The summed E-state index contributed by atoms with van der Waals surface area (Å²) in [6, 6.07) is 4.20. The van der Waals surface area contributed by atoms with Crippen LogP contribution in [0.2, 0.25) is 0 Å². The highest BCUT2D eigenvalue weighted by Crippen LogP contribution is 2.28. The second-order valence-corrected chi connectivity index (χ2v) is 6.36. The zero-order valence-corrected chi connectivity index (χ0v) is 15.2. The Labute approximate surface area is 163 Å². The van der Waals surface area contributed by atoms with Gasteiger partial charge >= 0.3 is 12.5 Å². The van der Waals surface area contributed by atoms with E-state index in [1.165, 1.54) is 18.2 Å². The summed E-state index contributed by atoms with van der Waals surface area (Å²) in [5.74, 6) is -2.03. The molecule has 0 saturated carbocycles. The van der Waals surface area contributed by atoms with E-state index in [0.717, 1.165) is 9.96 Å². The van der Waals surface area contributed by atoms with Gasteiger partial charge in [-0.1, -0.05) is 0 Å². The predicted octanol–water partition coefficient (Wildman–Crippen LogP) is 0.742. The molecule has 0 bridgehead atoms. The summed E-state index contributed by atoms with van der Waals surface area (Å²) < 4.78 is 44.1. The highest BCUT2D eigenvalue weighted by atomic mass is 19.3. The van der Waals surface area contributed by atoms with E-state index in [-0.39, 0.29) is 31.9 Å². The molecule has 2 heterocycles. The largest absolute Gasteiger partial charge is 0.442 e. The van der Waals surface area contributed by atoms with Gasteiger partial charge in [0.15, 0.2) is 0 Å². The first-order chi connectivity index (χ1) is 13.9. The average molecular weight is 416 g/mol. The Morgan fingerprint density at radius 2 is 2.10 bits per heavy atom. The van der Waals surface area contributed by atoms with Gasteiger partial charge < -0.3 is 15.0 Å². The number of hydrogen-bond acceptors (Lipinski definition) is 6. The number of anilines is 2. The lowest BCUT2D eigenvalue weighted by Crippen LogP contribution is -2.37. The minimum Gasteiger partial charge on any atom is -0.442 e. The normalized spacial score (nSPS) is 19.9. The first kappa shape index (κ1) is 20.7. The summed E-state index contributed by atoms with van der Waals surface area (Å²) in [4.78, 5) is 41.8. The number of hydroxylamine groups is 2. The van der Waals surface area contributed by atoms with Crippen LogP contribution in [-0.4, -0.2) is 75.3 Å². The first-order valence-electron chi connectivity index (χ1n) is 8.82. The lowest BCUT2D eigenvalue weighted by atomic mass is 10.2. The van der Waals surface area contributed by atoms with Gasteiger partial charge in [-0.3, -0.25) is 19.3 Å². The van der Waals surface area contributed by atoms with Crippen molar-refractivity contribution in [3.05, 3.63) is 24.0 Å². The van der Waals surface area contributed by atoms with Crippen LogP contribution in [0.4, 0.5) is 29.3 Å². The molecule has 1 aromatic rings. The van der Waals surface area contributed by atoms with E-state index in [0.29, 0.717) is 25.2 Å². The number of halogens is 3. The van der Waals surface area contributed by atoms with E-state index in [4.69, 9.17) is 9.57 Å². The maximum Gasteiger partial charge on any atom is 0.414 e. The van der Waals surface area contributed by atoms with Crippen molar-refractivity contribution >= 4 is 29.8 Å². The van der Waals surface area contributed by atoms with Crippen molar-refractivity contribution in [3.8, 4) is 0 Å². The molecule has 0 spiro atoms. The second kappa shape index (κ2) is 8.99. The summed E-state index contributed by atoms with van der Waals surface area (Å²) in [6.45, 7) is 0.935. The van der Waals surface area contributed by atoms with Crippen molar-refractivity contribution in [2.45, 2.75) is 12.5 Å². The van der Waals surface area contributed by atoms with Crippen molar-refractivity contribution in [2.75, 3.05) is 49.1 Å². The Kier molecular flexibility index (Phi) is 6.42. The van der Waals surface area contributed by atoms with Crippen LogP contribution in [0.5, 0.6) is 0 Å². The molecule has 12 heteroatoms. The fraction of sp³-hybridized carbons (Fsp3) is 0.471. The SMILES string of the molecule is O=CN1CCN(c2ccc(N3CC(CNC(=O)C(F)F)OC3=O)cc2F)CCO1. The van der Waals surface area contributed by atoms with Gasteiger partial charge in [0.1, 0.15) is 11.9 Å². The third-order valence-corrected chi connectivity index (χ3v) is 4.49. The van der Waals surface area contributed by atoms with E-state index in [1.807, 2.05) is 5.32 Å². The Hall–Kier alpha value is -3.02. The number of nitrogens with zero attached hydrogens (tertiary/aromatic N) is 3. The molecule has 9 nitrogen and oxygen atoms in total. The average Bonchev–Trinajstić information content (AvgIpc) is 2.91. The van der Waals surface area contributed by atoms with Crippen molar-refractivity contribution in [1.82, 2.24) is 10.4 Å². The Morgan fingerprint density at radius 3 is 2.79 bits per heavy atom. The molecule has 3 rings (SSSR count). The molecule has 158 valence electrons. The van der Waals surface area contributed by atoms with Gasteiger partial charge in [0.25, 0.3) is 5.91 Å². The molecule has 0 radical (unpaired) electrons. The number of amides is 3. The van der Waals surface area contributed by atoms with Crippen molar-refractivity contribution < 1.29 is 37.1 Å². The van der Waals surface area contributed by atoms with Gasteiger partial charge in [0.2, 0.25) is 6.41 Å². The van der Waals surface area contributed by atoms with Crippen LogP contribution in [0, 0.1) is 5.82 Å². The maximum absolute atomic E-state index is 14.7. The lowest BCUT2D eigenvalue weighted by molar-refractivity contribution is -0.166. The van der Waals surface area contributed by atoms with Crippen LogP contribution in [-0.2, 0) is 19.2 Å². The third kappa shape index (κ3) is 4.88. The van der Waals surface area contributed by atoms with Crippen LogP contribution in [0.25, 0.3) is 0 Å². The molecular weight excluding hydrogens is 397 g/mol. The van der Waals surface area contributed by atoms with Crippen LogP contribution in [0.15, 0.2) is 18.2 Å². The van der Waals surface area contributed by atoms with E-state index in [1.54, 1.807) is 4.90 Å². The number of rotatable bonds is 6. The molecule has 2 saturated heterocycles. The molecule has 29 heavy (non-hydrogen) atoms. The Morgan fingerprint density at radius 1 is 1.31 bits per heavy atom. The van der Waals surface area contributed by atoms with E-state index in [2.05, 4.69) is 0 Å². The summed E-state index contributed by atoms with van der Waals surface area (Å²) in [5.41, 5.74) is 0.526. The highest BCUT2D eigenvalue weighted by molar-refractivity contribution is 5.90. The van der Waals surface area contributed by atoms with Gasteiger partial charge in [-0.05, 0) is 18.2 Å². The number of ether oxygens (including phenoxy) is 1. The Bertz CT molecular complexity index is 781. The van der Waals surface area contributed by atoms with Crippen LogP contribution in [0.1, 0.15) is 0 Å². The van der Waals surface area contributed by atoms with E-state index >= 15 is 0 Å². The van der Waals surface area contributed by atoms with E-state index in [9.17, 15) is 27.6 Å². The Balaban J connectivity index is 1.64. The number of nitrogens with one attached hydrogen (secondary N) is 1. The van der Waals surface area contributed by atoms with Gasteiger partial charge in [0.05, 0.1) is 37.6 Å². The van der Waals surface area contributed by atoms with Gasteiger partial charge in [-0.15, -0.1) is 0 Å². The fourth-order valence-corrected chi connectivity index (χ4v) is 3.04. The summed E-state index contributed by atoms with van der Waals surface area (Å²) in [6.07, 6.45) is -4.20. The molecule has 2 aliphatic heterocycles. The molecule has 0 aromatic heterocycles. The molecule has 1 N–H and O–H groups in total. The summed E-state index contributed by atoms with van der Waals surface area (Å²) in [7, 11) is 0. The van der Waals surface area contributed by atoms with Crippen molar-refractivity contribution in [2.24, 2.45) is 0 Å². The second-order valence-electron chi connectivity index (χ2n) is 6.36. The molecule has 0 aliphatic carbocycles. The van der Waals surface area contributed by atoms with Gasteiger partial charge in [-0.2, -0.15) is 8.78 Å². The van der Waals surface area contributed by atoms with Crippen LogP contribution in [0.3, 0.4) is 0 Å². The minimum absolute atomic E-state index is 0.0208. The maximum atomic E-state index is 14.7. The molecule has 3 amide bonds. The first-order valence-corrected chi connectivity index (χ1v) is 8.82. The van der Waals surface area contributed by atoms with E-state index < -0.39 is 30.3 Å². The van der Waals surface area contributed by atoms with Crippen molar-refractivity contribution in [3.63, 3.8) is 0 Å². The molecule has 2 fully saturated rings. The minimum atomic E-state index is -3.16. The number of cyclic esters (lactones) is 1. The third-order valence-electron chi connectivity index (χ3n) is 4.49. The summed E-state index contributed by atoms with van der Waals surface area (Å²) >= 11 is 0. The van der Waals surface area contributed by atoms with Gasteiger partial charge in [0, 0.05) is 13.1 Å². The lowest BCUT2D eigenvalue weighted by Gasteiger charge is -2.23. The zero-order chi connectivity index (χ0) is 21.0. The quantitative estimate of drug-likeness (QED) is 0.688. The number of benzene rings is 1.